The molecule has 96 valence electrons. The lowest BCUT2D eigenvalue weighted by Gasteiger charge is -2.13. The van der Waals surface area contributed by atoms with Gasteiger partial charge in [-0.3, -0.25) is 19.3 Å². The Kier molecular flexibility index (Phi) is 4.71. The summed E-state index contributed by atoms with van der Waals surface area (Å²) in [7, 11) is 0. The van der Waals surface area contributed by atoms with E-state index in [0.29, 0.717) is 25.8 Å². The quantitative estimate of drug-likeness (QED) is 0.504. The van der Waals surface area contributed by atoms with E-state index in [1.165, 1.54) is 4.90 Å². The number of carbonyl (C=O) groups is 3. The summed E-state index contributed by atoms with van der Waals surface area (Å²) in [6, 6.07) is 0. The Morgan fingerprint density at radius 3 is 2.76 bits per heavy atom. The second-order valence-electron chi connectivity index (χ2n) is 4.59. The van der Waals surface area contributed by atoms with E-state index < -0.39 is 0 Å². The molecule has 0 aromatic rings. The van der Waals surface area contributed by atoms with Crippen LogP contribution in [0.4, 0.5) is 0 Å². The molecule has 0 N–H and O–H groups in total. The molecule has 0 aromatic heterocycles. The number of hydrogen-bond donors (Lipinski definition) is 0. The maximum Gasteiger partial charge on any atom is 0.232 e. The molecule has 1 aliphatic heterocycles. The molecule has 1 aliphatic rings. The van der Waals surface area contributed by atoms with Crippen LogP contribution in [0.25, 0.3) is 0 Å². The Labute approximate surface area is 104 Å². The summed E-state index contributed by atoms with van der Waals surface area (Å²) >= 11 is 0. The van der Waals surface area contributed by atoms with E-state index in [1.54, 1.807) is 6.92 Å². The molecule has 1 atom stereocenters. The van der Waals surface area contributed by atoms with Gasteiger partial charge in [-0.15, -0.1) is 0 Å². The minimum atomic E-state index is -0.170. The van der Waals surface area contributed by atoms with E-state index in [2.05, 4.69) is 0 Å². The van der Waals surface area contributed by atoms with Gasteiger partial charge in [0.25, 0.3) is 0 Å². The molecule has 0 bridgehead atoms. The van der Waals surface area contributed by atoms with Gasteiger partial charge < -0.3 is 0 Å². The summed E-state index contributed by atoms with van der Waals surface area (Å²) in [4.78, 5) is 35.6. The fraction of sp³-hybridized carbons (Fsp3) is 0.769. The summed E-state index contributed by atoms with van der Waals surface area (Å²) in [5, 5.41) is 0. The second-order valence-corrected chi connectivity index (χ2v) is 4.59. The van der Waals surface area contributed by atoms with Crippen LogP contribution in [-0.4, -0.2) is 29.0 Å². The topological polar surface area (TPSA) is 54.5 Å². The van der Waals surface area contributed by atoms with E-state index in [4.69, 9.17) is 1.37 Å². The highest BCUT2D eigenvalue weighted by atomic mass is 16.2. The van der Waals surface area contributed by atoms with E-state index in [1.807, 2.05) is 0 Å². The first-order chi connectivity index (χ1) is 8.56. The van der Waals surface area contributed by atoms with Crippen molar-refractivity contribution in [2.45, 2.75) is 52.3 Å². The van der Waals surface area contributed by atoms with Crippen LogP contribution < -0.4 is 0 Å². The molecular formula is C13H21NO3. The summed E-state index contributed by atoms with van der Waals surface area (Å²) in [6.07, 6.45) is 3.57. The van der Waals surface area contributed by atoms with Crippen LogP contribution in [-0.2, 0) is 14.4 Å². The molecule has 17 heavy (non-hydrogen) atoms. The highest BCUT2D eigenvalue weighted by Crippen LogP contribution is 2.19. The van der Waals surface area contributed by atoms with Crippen LogP contribution in [0.3, 0.4) is 0 Å². The molecule has 2 amide bonds. The van der Waals surface area contributed by atoms with Crippen molar-refractivity contribution in [1.29, 1.82) is 0 Å². The van der Waals surface area contributed by atoms with Gasteiger partial charge in [-0.05, 0) is 12.8 Å². The standard InChI is InChI=1S/C13H21NO3/c1-3-11(15)7-5-4-6-8-14-12(16)9-10(2)13(14)17/h10H,3-9H2,1-2H3/i1D. The molecule has 1 rings (SSSR count). The summed E-state index contributed by atoms with van der Waals surface area (Å²) in [5.74, 6) is -0.175. The smallest absolute Gasteiger partial charge is 0.232 e. The molecule has 0 radical (unpaired) electrons. The molecule has 1 fully saturated rings. The third-order valence-corrected chi connectivity index (χ3v) is 3.09. The van der Waals surface area contributed by atoms with E-state index in [-0.39, 0.29) is 30.4 Å². The maximum atomic E-state index is 11.6. The monoisotopic (exact) mass is 240 g/mol. The molecule has 4 heteroatoms. The van der Waals surface area contributed by atoms with Crippen molar-refractivity contribution in [1.82, 2.24) is 4.90 Å². The third kappa shape index (κ3) is 3.95. The molecule has 1 heterocycles. The molecule has 1 saturated heterocycles. The Morgan fingerprint density at radius 1 is 1.41 bits per heavy atom. The van der Waals surface area contributed by atoms with Gasteiger partial charge in [0.05, 0.1) is 0 Å². The van der Waals surface area contributed by atoms with Crippen molar-refractivity contribution in [2.24, 2.45) is 5.92 Å². The second kappa shape index (κ2) is 6.52. The number of rotatable bonds is 7. The van der Waals surface area contributed by atoms with Crippen molar-refractivity contribution in [2.75, 3.05) is 6.54 Å². The fourth-order valence-electron chi connectivity index (χ4n) is 1.98. The summed E-state index contributed by atoms with van der Waals surface area (Å²) in [5.41, 5.74) is 0. The van der Waals surface area contributed by atoms with Gasteiger partial charge in [0.1, 0.15) is 5.78 Å². The van der Waals surface area contributed by atoms with Gasteiger partial charge in [0.2, 0.25) is 11.8 Å². The number of unbranched alkanes of at least 4 members (excludes halogenated alkanes) is 2. The van der Waals surface area contributed by atoms with Crippen LogP contribution >= 0.6 is 0 Å². The average molecular weight is 240 g/mol. The predicted molar refractivity (Wildman–Crippen MR) is 64.3 cm³/mol. The molecule has 0 aromatic carbocycles. The van der Waals surface area contributed by atoms with Crippen LogP contribution in [0.5, 0.6) is 0 Å². The first kappa shape index (κ1) is 12.3. The zero-order valence-electron chi connectivity index (χ0n) is 11.4. The maximum absolute atomic E-state index is 11.6. The van der Waals surface area contributed by atoms with Crippen LogP contribution in [0, 0.1) is 5.92 Å². The largest absolute Gasteiger partial charge is 0.300 e. The minimum absolute atomic E-state index is 0.0646. The molecule has 0 spiro atoms. The summed E-state index contributed by atoms with van der Waals surface area (Å²) < 4.78 is 6.92. The van der Waals surface area contributed by atoms with Gasteiger partial charge in [-0.25, -0.2) is 0 Å². The molecular weight excluding hydrogens is 218 g/mol. The number of Topliss-reactive ketones (excluding diaryl/α,β-unsaturated/α-hetero) is 1. The lowest BCUT2D eigenvalue weighted by atomic mass is 10.1. The molecule has 1 unspecified atom stereocenters. The van der Waals surface area contributed by atoms with Crippen LogP contribution in [0.2, 0.25) is 0 Å². The number of nitrogens with zero attached hydrogens (tertiary/aromatic N) is 1. The minimum Gasteiger partial charge on any atom is -0.300 e. The van der Waals surface area contributed by atoms with Gasteiger partial charge in [0, 0.05) is 33.1 Å². The van der Waals surface area contributed by atoms with Crippen molar-refractivity contribution in [3.63, 3.8) is 0 Å². The average Bonchev–Trinajstić information content (AvgIpc) is 2.55. The fourth-order valence-corrected chi connectivity index (χ4v) is 1.98. The highest BCUT2D eigenvalue weighted by Gasteiger charge is 2.34. The predicted octanol–water partition coefficient (Wildman–Crippen LogP) is 1.92. The lowest BCUT2D eigenvalue weighted by Crippen LogP contribution is -2.31. The Morgan fingerprint density at radius 2 is 2.18 bits per heavy atom. The number of imide groups is 1. The third-order valence-electron chi connectivity index (χ3n) is 3.09. The highest BCUT2D eigenvalue weighted by molar-refractivity contribution is 6.03. The van der Waals surface area contributed by atoms with Crippen molar-refractivity contribution < 1.29 is 15.8 Å². The molecule has 4 nitrogen and oxygen atoms in total. The zero-order valence-corrected chi connectivity index (χ0v) is 10.4. The van der Waals surface area contributed by atoms with Gasteiger partial charge in [0.15, 0.2) is 0 Å². The first-order valence-corrected chi connectivity index (χ1v) is 6.21. The SMILES string of the molecule is [2H]CCC(=O)CCCCCN1C(=O)CC(C)C1=O. The Balaban J connectivity index is 2.13. The number of likely N-dealkylation sites (tertiary alicyclic amines) is 1. The van der Waals surface area contributed by atoms with E-state index in [0.717, 1.165) is 19.3 Å². The normalized spacial score (nSPS) is 20.9. The zero-order chi connectivity index (χ0) is 13.5. The molecule has 0 aliphatic carbocycles. The Hall–Kier alpha value is -1.19. The van der Waals surface area contributed by atoms with Gasteiger partial charge in [-0.2, -0.15) is 0 Å². The van der Waals surface area contributed by atoms with Crippen molar-refractivity contribution in [3.8, 4) is 0 Å². The van der Waals surface area contributed by atoms with E-state index in [9.17, 15) is 14.4 Å². The van der Waals surface area contributed by atoms with Crippen LogP contribution in [0.1, 0.15) is 53.7 Å². The van der Waals surface area contributed by atoms with Crippen molar-refractivity contribution in [3.05, 3.63) is 0 Å². The first-order valence-electron chi connectivity index (χ1n) is 6.92. The lowest BCUT2D eigenvalue weighted by molar-refractivity contribution is -0.139. The van der Waals surface area contributed by atoms with Gasteiger partial charge >= 0.3 is 0 Å². The summed E-state index contributed by atoms with van der Waals surface area (Å²) in [6.45, 7) is 2.42. The Bertz CT molecular complexity index is 330. The number of ketones is 1. The number of amides is 2. The van der Waals surface area contributed by atoms with E-state index >= 15 is 0 Å². The number of hydrogen-bond acceptors (Lipinski definition) is 3. The van der Waals surface area contributed by atoms with Crippen molar-refractivity contribution >= 4 is 17.6 Å². The van der Waals surface area contributed by atoms with Crippen LogP contribution in [0.15, 0.2) is 0 Å². The number of carbonyl (C=O) groups excluding carboxylic acids is 3. The van der Waals surface area contributed by atoms with Gasteiger partial charge in [-0.1, -0.05) is 20.2 Å². The molecule has 0 saturated carbocycles.